The van der Waals surface area contributed by atoms with Crippen molar-refractivity contribution in [3.05, 3.63) is 124 Å². The fourth-order valence-electron chi connectivity index (χ4n) is 6.91. The number of para-hydroxylation sites is 2. The topological polar surface area (TPSA) is 17.3 Å². The van der Waals surface area contributed by atoms with Crippen molar-refractivity contribution in [3.8, 4) is 5.69 Å². The maximum atomic E-state index is 16.6. The molecule has 0 amide bonds. The van der Waals surface area contributed by atoms with E-state index in [9.17, 15) is 0 Å². The Hall–Kier alpha value is -3.65. The van der Waals surface area contributed by atoms with Crippen molar-refractivity contribution in [2.45, 2.75) is 19.3 Å². The van der Waals surface area contributed by atoms with Gasteiger partial charge < -0.3 is 0 Å². The maximum absolute atomic E-state index is 16.6. The van der Waals surface area contributed by atoms with Crippen LogP contribution in [-0.4, -0.2) is 11.3 Å². The van der Waals surface area contributed by atoms with E-state index in [4.69, 9.17) is 0 Å². The van der Waals surface area contributed by atoms with Crippen LogP contribution in [0.2, 0.25) is 0 Å². The molecule has 0 atom stereocenters. The molecule has 2 aliphatic rings. The summed E-state index contributed by atoms with van der Waals surface area (Å²) in [5.74, 6) is 0. The van der Waals surface area contributed by atoms with Crippen LogP contribution in [0.4, 0.5) is 11.4 Å². The summed E-state index contributed by atoms with van der Waals surface area (Å²) in [5.41, 5.74) is 8.65. The second-order valence-electron chi connectivity index (χ2n) is 10.9. The summed E-state index contributed by atoms with van der Waals surface area (Å²) < 4.78 is 39.8. The van der Waals surface area contributed by atoms with Crippen LogP contribution in [0.25, 0.3) is 27.5 Å². The molecule has 0 unspecified atom stereocenters. The Kier molecular flexibility index (Phi) is 4.74. The molecular formula is C33H24BF2IN2. The Morgan fingerprint density at radius 2 is 1.41 bits per heavy atom. The fraction of sp³-hybridized carbons (Fsp3) is 0.0909. The number of benzene rings is 5. The minimum absolute atomic E-state index is 0.0138. The minimum atomic E-state index is -5.83. The van der Waals surface area contributed by atoms with Gasteiger partial charge in [-0.05, 0) is 0 Å². The van der Waals surface area contributed by atoms with Gasteiger partial charge in [-0.1, -0.05) is 0 Å². The monoisotopic (exact) mass is 624 g/mol. The van der Waals surface area contributed by atoms with Crippen molar-refractivity contribution in [2.24, 2.45) is 3.15 Å². The first kappa shape index (κ1) is 23.3. The van der Waals surface area contributed by atoms with Gasteiger partial charge in [-0.2, -0.15) is 0 Å². The number of hydrogen-bond donors (Lipinski definition) is 0. The molecule has 0 spiro atoms. The number of halogens is 3. The average molecular weight is 624 g/mol. The Labute approximate surface area is 231 Å². The van der Waals surface area contributed by atoms with E-state index in [1.807, 2.05) is 36.4 Å². The van der Waals surface area contributed by atoms with Crippen molar-refractivity contribution in [2.75, 3.05) is 0 Å². The molecule has 0 saturated heterocycles. The van der Waals surface area contributed by atoms with E-state index in [0.29, 0.717) is 11.1 Å². The van der Waals surface area contributed by atoms with E-state index in [1.54, 1.807) is 24.3 Å². The predicted octanol–water partition coefficient (Wildman–Crippen LogP) is 7.75. The van der Waals surface area contributed by atoms with Gasteiger partial charge in [0, 0.05) is 0 Å². The van der Waals surface area contributed by atoms with Gasteiger partial charge in [0.2, 0.25) is 0 Å². The summed E-state index contributed by atoms with van der Waals surface area (Å²) in [6.07, 6.45) is 0. The molecule has 6 aromatic rings. The third-order valence-electron chi connectivity index (χ3n) is 8.53. The normalized spacial score (nSPS) is 15.2. The number of hydrogen-bond acceptors (Lipinski definition) is 1. The molecule has 2 nitrogen and oxygen atoms in total. The molecule has 0 N–H and O–H groups in total. The molecule has 1 aromatic heterocycles. The zero-order valence-electron chi connectivity index (χ0n) is 21.5. The molecule has 6 heteroatoms. The van der Waals surface area contributed by atoms with Crippen molar-refractivity contribution in [1.82, 2.24) is 4.57 Å². The second kappa shape index (κ2) is 7.95. The van der Waals surface area contributed by atoms with E-state index >= 15 is 5.72 Å². The Balaban J connectivity index is 1.62. The third-order valence-corrected chi connectivity index (χ3v) is 11.9. The molecule has 0 bridgehead atoms. The molecule has 8 rings (SSSR count). The molecule has 0 saturated carbocycles. The van der Waals surface area contributed by atoms with Gasteiger partial charge >= 0.3 is 232 Å². The molecule has 39 heavy (non-hydrogen) atoms. The van der Waals surface area contributed by atoms with Crippen LogP contribution in [0.15, 0.2) is 112 Å². The third kappa shape index (κ3) is 3.06. The van der Waals surface area contributed by atoms with Crippen LogP contribution >= 0.6 is 19.4 Å². The van der Waals surface area contributed by atoms with E-state index < -0.39 is 24.8 Å². The zero-order valence-corrected chi connectivity index (χ0v) is 23.7. The quantitative estimate of drug-likeness (QED) is 0.138. The van der Waals surface area contributed by atoms with Crippen molar-refractivity contribution >= 4 is 70.0 Å². The Bertz CT molecular complexity index is 2040. The van der Waals surface area contributed by atoms with Crippen molar-refractivity contribution < 1.29 is 5.72 Å². The van der Waals surface area contributed by atoms with Gasteiger partial charge in [0.1, 0.15) is 0 Å². The predicted molar refractivity (Wildman–Crippen MR) is 167 cm³/mol. The average Bonchev–Trinajstić information content (AvgIpc) is 3.29. The number of nitrogens with zero attached hydrogens (tertiary/aromatic N) is 2. The molecule has 0 radical (unpaired) electrons. The second-order valence-corrected chi connectivity index (χ2v) is 14.9. The molecule has 0 aliphatic carbocycles. The number of fused-ring (bicyclic) bond motifs is 8. The number of aromatic nitrogens is 1. The molecule has 190 valence electrons. The van der Waals surface area contributed by atoms with Gasteiger partial charge in [-0.15, -0.1) is 0 Å². The first-order valence-corrected chi connectivity index (χ1v) is 16.8. The van der Waals surface area contributed by atoms with Crippen molar-refractivity contribution in [3.63, 3.8) is 0 Å². The fourth-order valence-corrected chi connectivity index (χ4v) is 10.1. The van der Waals surface area contributed by atoms with Gasteiger partial charge in [0.25, 0.3) is 0 Å². The van der Waals surface area contributed by atoms with Gasteiger partial charge in [-0.25, -0.2) is 0 Å². The van der Waals surface area contributed by atoms with Crippen LogP contribution in [0.3, 0.4) is 0 Å². The van der Waals surface area contributed by atoms with Crippen LogP contribution in [0.1, 0.15) is 25.0 Å². The first-order valence-electron chi connectivity index (χ1n) is 13.1. The molecular weight excluding hydrogens is 600 g/mol. The van der Waals surface area contributed by atoms with Gasteiger partial charge in [-0.3, -0.25) is 0 Å². The summed E-state index contributed by atoms with van der Waals surface area (Å²) >= 11 is -5.83. The molecule has 0 fully saturated rings. The SMILES string of the molecule is CC1(C)c2ccccc2B2c3ccccc3-n3c4ccccc4c4c(I(F)(F)=Nc5ccccc5)cc1c2c43. The number of rotatable bonds is 2. The Morgan fingerprint density at radius 3 is 2.23 bits per heavy atom. The summed E-state index contributed by atoms with van der Waals surface area (Å²) in [6.45, 7) is 4.34. The van der Waals surface area contributed by atoms with Crippen LogP contribution in [0, 0.1) is 3.57 Å². The van der Waals surface area contributed by atoms with E-state index in [2.05, 4.69) is 70.1 Å². The zero-order chi connectivity index (χ0) is 26.5. The van der Waals surface area contributed by atoms with E-state index in [0.717, 1.165) is 33.1 Å². The Morgan fingerprint density at radius 1 is 0.744 bits per heavy atom. The standard InChI is InChI=1S/C33H24BF2IN2/c1-33(2)23-15-7-8-16-25(23)34-26-17-9-11-19-29(26)39-28-18-10-6-14-22(28)30-27(20-24(33)31(34)32(30)39)37(35,36)38-21-12-4-3-5-13-21/h3-20H,1-2H3. The van der Waals surface area contributed by atoms with E-state index in [-0.39, 0.29) is 10.3 Å². The molecule has 2 aliphatic heterocycles. The van der Waals surface area contributed by atoms with E-state index in [1.165, 1.54) is 16.5 Å². The van der Waals surface area contributed by atoms with Crippen LogP contribution in [-0.2, 0) is 5.41 Å². The molecule has 3 heterocycles. The van der Waals surface area contributed by atoms with Crippen molar-refractivity contribution in [1.29, 1.82) is 0 Å². The first-order chi connectivity index (χ1) is 18.9. The summed E-state index contributed by atoms with van der Waals surface area (Å²) in [4.78, 5) is 0. The van der Waals surface area contributed by atoms with Gasteiger partial charge in [0.05, 0.1) is 0 Å². The summed E-state index contributed by atoms with van der Waals surface area (Å²) in [7, 11) is 0. The summed E-state index contributed by atoms with van der Waals surface area (Å²) in [6, 6.07) is 35.6. The van der Waals surface area contributed by atoms with Crippen LogP contribution in [0.5, 0.6) is 0 Å². The van der Waals surface area contributed by atoms with Gasteiger partial charge in [0.15, 0.2) is 0 Å². The summed E-state index contributed by atoms with van der Waals surface area (Å²) in [5, 5.41) is 1.53. The molecule has 5 aromatic carbocycles. The van der Waals surface area contributed by atoms with Crippen LogP contribution < -0.4 is 16.4 Å².